The molecule has 1 aromatic rings. The van der Waals surface area contributed by atoms with Crippen molar-refractivity contribution < 1.29 is 9.53 Å². The summed E-state index contributed by atoms with van der Waals surface area (Å²) in [6, 6.07) is 7.15. The zero-order chi connectivity index (χ0) is 14.4. The number of hydrogen-bond acceptors (Lipinski definition) is 3. The highest BCUT2D eigenvalue weighted by molar-refractivity contribution is 9.10. The van der Waals surface area contributed by atoms with Crippen molar-refractivity contribution in [1.82, 2.24) is 4.90 Å². The molecule has 1 atom stereocenters. The summed E-state index contributed by atoms with van der Waals surface area (Å²) in [7, 11) is 1.75. The maximum Gasteiger partial charge on any atom is 0.239 e. The van der Waals surface area contributed by atoms with Gasteiger partial charge in [-0.3, -0.25) is 4.79 Å². The molecule has 4 nitrogen and oxygen atoms in total. The van der Waals surface area contributed by atoms with Crippen LogP contribution in [-0.2, 0) is 4.79 Å². The van der Waals surface area contributed by atoms with E-state index in [-0.39, 0.29) is 11.8 Å². The predicted octanol–water partition coefficient (Wildman–Crippen LogP) is 2.27. The van der Waals surface area contributed by atoms with Gasteiger partial charge in [-0.2, -0.15) is 0 Å². The van der Waals surface area contributed by atoms with E-state index in [1.54, 1.807) is 11.9 Å². The fourth-order valence-corrected chi connectivity index (χ4v) is 1.75. The number of carbonyl (C=O) groups is 1. The molecule has 0 aliphatic carbocycles. The summed E-state index contributed by atoms with van der Waals surface area (Å²) in [5.41, 5.74) is 5.82. The Kier molecular flexibility index (Phi) is 6.31. The van der Waals surface area contributed by atoms with Gasteiger partial charge in [-0.25, -0.2) is 0 Å². The first kappa shape index (κ1) is 16.0. The van der Waals surface area contributed by atoms with Gasteiger partial charge in [0.05, 0.1) is 12.6 Å². The van der Waals surface area contributed by atoms with E-state index in [1.165, 1.54) is 0 Å². The number of halogens is 1. The lowest BCUT2D eigenvalue weighted by Crippen LogP contribution is -2.46. The fourth-order valence-electron chi connectivity index (χ4n) is 1.48. The Hall–Kier alpha value is -1.07. The molecule has 106 valence electrons. The monoisotopic (exact) mass is 328 g/mol. The van der Waals surface area contributed by atoms with Crippen LogP contribution in [0.3, 0.4) is 0 Å². The number of nitrogens with two attached hydrogens (primary N) is 1. The van der Waals surface area contributed by atoms with Gasteiger partial charge in [-0.1, -0.05) is 29.8 Å². The molecule has 2 N–H and O–H groups in total. The summed E-state index contributed by atoms with van der Waals surface area (Å²) in [5, 5.41) is 0. The topological polar surface area (TPSA) is 55.6 Å². The zero-order valence-electron chi connectivity index (χ0n) is 11.6. The van der Waals surface area contributed by atoms with Gasteiger partial charge in [0.2, 0.25) is 5.91 Å². The first-order chi connectivity index (χ1) is 8.91. The second-order valence-corrected chi connectivity index (χ2v) is 5.75. The molecule has 1 amide bonds. The Morgan fingerprint density at radius 1 is 1.37 bits per heavy atom. The summed E-state index contributed by atoms with van der Waals surface area (Å²) in [6.07, 6.45) is 0. The van der Waals surface area contributed by atoms with Crippen LogP contribution in [0, 0.1) is 5.92 Å². The fraction of sp³-hybridized carbons (Fsp3) is 0.500. The van der Waals surface area contributed by atoms with E-state index in [1.807, 2.05) is 38.1 Å². The van der Waals surface area contributed by atoms with E-state index in [4.69, 9.17) is 10.5 Å². The Balaban J connectivity index is 2.36. The highest BCUT2D eigenvalue weighted by Crippen LogP contribution is 2.15. The number of ether oxygens (including phenoxy) is 1. The first-order valence-electron chi connectivity index (χ1n) is 6.30. The van der Waals surface area contributed by atoms with Gasteiger partial charge < -0.3 is 15.4 Å². The molecule has 0 aliphatic rings. The molecule has 0 aliphatic heterocycles. The molecule has 0 fully saturated rings. The van der Waals surface area contributed by atoms with E-state index >= 15 is 0 Å². The molecular weight excluding hydrogens is 308 g/mol. The maximum absolute atomic E-state index is 11.9. The quantitative estimate of drug-likeness (QED) is 0.871. The highest BCUT2D eigenvalue weighted by Gasteiger charge is 2.20. The molecular formula is C14H21BrN2O2. The Bertz CT molecular complexity index is 406. The van der Waals surface area contributed by atoms with Gasteiger partial charge in [0, 0.05) is 11.5 Å². The lowest BCUT2D eigenvalue weighted by atomic mass is 10.0. The van der Waals surface area contributed by atoms with Gasteiger partial charge in [0.25, 0.3) is 0 Å². The largest absolute Gasteiger partial charge is 0.492 e. The van der Waals surface area contributed by atoms with Crippen LogP contribution in [0.1, 0.15) is 13.8 Å². The van der Waals surface area contributed by atoms with Crippen molar-refractivity contribution in [1.29, 1.82) is 0 Å². The van der Waals surface area contributed by atoms with Crippen molar-refractivity contribution in [2.24, 2.45) is 11.7 Å². The van der Waals surface area contributed by atoms with Crippen molar-refractivity contribution in [3.05, 3.63) is 28.7 Å². The molecule has 1 aromatic carbocycles. The Labute approximate surface area is 123 Å². The third-order valence-corrected chi connectivity index (χ3v) is 3.42. The number of rotatable bonds is 6. The van der Waals surface area contributed by atoms with Crippen LogP contribution in [0.15, 0.2) is 28.7 Å². The van der Waals surface area contributed by atoms with E-state index < -0.39 is 6.04 Å². The maximum atomic E-state index is 11.9. The van der Waals surface area contributed by atoms with Crippen LogP contribution in [0.5, 0.6) is 5.75 Å². The molecule has 0 radical (unpaired) electrons. The smallest absolute Gasteiger partial charge is 0.239 e. The zero-order valence-corrected chi connectivity index (χ0v) is 13.2. The summed E-state index contributed by atoms with van der Waals surface area (Å²) in [4.78, 5) is 13.5. The lowest BCUT2D eigenvalue weighted by molar-refractivity contribution is -0.132. The van der Waals surface area contributed by atoms with E-state index in [2.05, 4.69) is 15.9 Å². The summed E-state index contributed by atoms with van der Waals surface area (Å²) >= 11 is 3.36. The number of amides is 1. The molecule has 0 spiro atoms. The minimum absolute atomic E-state index is 0.0468. The first-order valence-corrected chi connectivity index (χ1v) is 7.10. The number of nitrogens with zero attached hydrogens (tertiary/aromatic N) is 1. The summed E-state index contributed by atoms with van der Waals surface area (Å²) < 4.78 is 6.58. The molecule has 19 heavy (non-hydrogen) atoms. The van der Waals surface area contributed by atoms with Crippen molar-refractivity contribution in [3.63, 3.8) is 0 Å². The van der Waals surface area contributed by atoms with Crippen molar-refractivity contribution >= 4 is 21.8 Å². The Morgan fingerprint density at radius 3 is 2.47 bits per heavy atom. The summed E-state index contributed by atoms with van der Waals surface area (Å²) in [6.45, 7) is 4.85. The van der Waals surface area contributed by atoms with E-state index in [9.17, 15) is 4.79 Å². The van der Waals surface area contributed by atoms with Crippen molar-refractivity contribution in [2.45, 2.75) is 19.9 Å². The minimum Gasteiger partial charge on any atom is -0.492 e. The molecule has 1 rings (SSSR count). The van der Waals surface area contributed by atoms with Crippen LogP contribution >= 0.6 is 15.9 Å². The van der Waals surface area contributed by atoms with E-state index in [0.29, 0.717) is 13.2 Å². The molecule has 0 saturated carbocycles. The van der Waals surface area contributed by atoms with Crippen molar-refractivity contribution in [3.8, 4) is 5.75 Å². The minimum atomic E-state index is -0.447. The number of carbonyl (C=O) groups excluding carboxylic acids is 1. The van der Waals surface area contributed by atoms with Gasteiger partial charge >= 0.3 is 0 Å². The second-order valence-electron chi connectivity index (χ2n) is 4.83. The second kappa shape index (κ2) is 7.50. The van der Waals surface area contributed by atoms with Crippen LogP contribution in [0.25, 0.3) is 0 Å². The molecule has 0 unspecified atom stereocenters. The standard InChI is InChI=1S/C14H21BrN2O2/c1-10(2)13(16)14(18)17(3)8-9-19-12-6-4-11(15)5-7-12/h4-7,10,13H,8-9,16H2,1-3H3/t13-/m1/s1. The lowest BCUT2D eigenvalue weighted by Gasteiger charge is -2.23. The summed E-state index contributed by atoms with van der Waals surface area (Å²) in [5.74, 6) is 0.883. The molecule has 0 bridgehead atoms. The van der Waals surface area contributed by atoms with E-state index in [0.717, 1.165) is 10.2 Å². The molecule has 0 saturated heterocycles. The third kappa shape index (κ3) is 5.20. The van der Waals surface area contributed by atoms with Crippen LogP contribution in [0.4, 0.5) is 0 Å². The van der Waals surface area contributed by atoms with Gasteiger partial charge in [0.1, 0.15) is 12.4 Å². The highest BCUT2D eigenvalue weighted by atomic mass is 79.9. The van der Waals surface area contributed by atoms with Gasteiger partial charge in [-0.05, 0) is 30.2 Å². The number of benzene rings is 1. The average molecular weight is 329 g/mol. The van der Waals surface area contributed by atoms with Gasteiger partial charge in [0.15, 0.2) is 0 Å². The number of hydrogen-bond donors (Lipinski definition) is 1. The van der Waals surface area contributed by atoms with Gasteiger partial charge in [-0.15, -0.1) is 0 Å². The average Bonchev–Trinajstić information content (AvgIpc) is 2.39. The van der Waals surface area contributed by atoms with Crippen LogP contribution in [-0.4, -0.2) is 37.0 Å². The number of likely N-dealkylation sites (N-methyl/N-ethyl adjacent to an activating group) is 1. The van der Waals surface area contributed by atoms with Crippen LogP contribution < -0.4 is 10.5 Å². The van der Waals surface area contributed by atoms with Crippen LogP contribution in [0.2, 0.25) is 0 Å². The normalized spacial score (nSPS) is 12.3. The predicted molar refractivity (Wildman–Crippen MR) is 80.1 cm³/mol. The van der Waals surface area contributed by atoms with Crippen molar-refractivity contribution in [2.75, 3.05) is 20.2 Å². The SMILES string of the molecule is CC(C)[C@@H](N)C(=O)N(C)CCOc1ccc(Br)cc1. The Morgan fingerprint density at radius 2 is 1.95 bits per heavy atom. The molecule has 0 heterocycles. The molecule has 5 heteroatoms. The third-order valence-electron chi connectivity index (χ3n) is 2.89. The molecule has 0 aromatic heterocycles.